The molecule has 3 heterocycles. The molecule has 2 N–H and O–H groups in total. The second-order valence-electron chi connectivity index (χ2n) is 7.08. The highest BCUT2D eigenvalue weighted by Gasteiger charge is 2.42. The van der Waals surface area contributed by atoms with Crippen LogP contribution in [-0.2, 0) is 6.54 Å². The Balaban J connectivity index is 1.88. The number of nitrogens with one attached hydrogen (secondary N) is 1. The van der Waals surface area contributed by atoms with Gasteiger partial charge in [0.1, 0.15) is 5.75 Å². The fraction of sp³-hybridized carbons (Fsp3) is 0.273. The Labute approximate surface area is 170 Å². The van der Waals surface area contributed by atoms with Gasteiger partial charge in [0.05, 0.1) is 17.8 Å². The van der Waals surface area contributed by atoms with E-state index >= 15 is 0 Å². The van der Waals surface area contributed by atoms with E-state index in [-0.39, 0.29) is 17.8 Å². The maximum absolute atomic E-state index is 9.71. The summed E-state index contributed by atoms with van der Waals surface area (Å²) in [7, 11) is 0. The Bertz CT molecular complexity index is 997. The summed E-state index contributed by atoms with van der Waals surface area (Å²) in [6, 6.07) is 15.3. The van der Waals surface area contributed by atoms with Crippen LogP contribution < -0.4 is 10.2 Å². The summed E-state index contributed by atoms with van der Waals surface area (Å²) in [4.78, 5) is 6.73. The molecule has 1 aliphatic heterocycles. The third kappa shape index (κ3) is 3.03. The lowest BCUT2D eigenvalue weighted by atomic mass is 9.96. The molecular weight excluding hydrogens is 368 g/mol. The summed E-state index contributed by atoms with van der Waals surface area (Å²) in [5, 5.41) is 13.9. The van der Waals surface area contributed by atoms with Crippen LogP contribution in [0, 0.1) is 13.8 Å². The topological polar surface area (TPSA) is 53.3 Å². The Morgan fingerprint density at radius 2 is 1.89 bits per heavy atom. The molecule has 0 radical (unpaired) electrons. The van der Waals surface area contributed by atoms with Gasteiger partial charge in [0.2, 0.25) is 0 Å². The SMILES string of the molecule is CCn1c(C)cc(C2C(c3ccccn3)NC(=S)N2c2ccc(O)cc2)c1C. The molecule has 0 saturated carbocycles. The molecule has 3 aromatic rings. The first-order valence-corrected chi connectivity index (χ1v) is 9.88. The number of aryl methyl sites for hydroxylation is 1. The molecular formula is C22H24N4OS. The zero-order valence-electron chi connectivity index (χ0n) is 16.3. The van der Waals surface area contributed by atoms with Gasteiger partial charge >= 0.3 is 0 Å². The van der Waals surface area contributed by atoms with E-state index < -0.39 is 0 Å². The van der Waals surface area contributed by atoms with Crippen LogP contribution >= 0.6 is 12.2 Å². The Morgan fingerprint density at radius 3 is 2.50 bits per heavy atom. The van der Waals surface area contributed by atoms with Gasteiger partial charge in [-0.3, -0.25) is 4.98 Å². The number of nitrogens with zero attached hydrogens (tertiary/aromatic N) is 3. The number of hydrogen-bond acceptors (Lipinski definition) is 3. The second-order valence-corrected chi connectivity index (χ2v) is 7.47. The Hall–Kier alpha value is -2.86. The van der Waals surface area contributed by atoms with Crippen molar-refractivity contribution in [1.82, 2.24) is 14.9 Å². The molecule has 6 heteroatoms. The van der Waals surface area contributed by atoms with Crippen LogP contribution in [0.25, 0.3) is 0 Å². The van der Waals surface area contributed by atoms with E-state index in [1.165, 1.54) is 17.0 Å². The lowest BCUT2D eigenvalue weighted by molar-refractivity contribution is 0.475. The smallest absolute Gasteiger partial charge is 0.174 e. The number of anilines is 1. The summed E-state index contributed by atoms with van der Waals surface area (Å²) in [5.41, 5.74) is 5.60. The van der Waals surface area contributed by atoms with Crippen LogP contribution in [0.3, 0.4) is 0 Å². The number of aromatic nitrogens is 2. The summed E-state index contributed by atoms with van der Waals surface area (Å²) < 4.78 is 2.32. The van der Waals surface area contributed by atoms with E-state index in [0.717, 1.165) is 17.9 Å². The molecule has 0 spiro atoms. The van der Waals surface area contributed by atoms with Crippen LogP contribution in [0.15, 0.2) is 54.7 Å². The van der Waals surface area contributed by atoms with Crippen molar-refractivity contribution < 1.29 is 5.11 Å². The number of aromatic hydroxyl groups is 1. The van der Waals surface area contributed by atoms with Gasteiger partial charge in [0.25, 0.3) is 0 Å². The monoisotopic (exact) mass is 392 g/mol. The lowest BCUT2D eigenvalue weighted by Gasteiger charge is -2.28. The molecule has 1 fully saturated rings. The minimum Gasteiger partial charge on any atom is -0.508 e. The number of benzene rings is 1. The van der Waals surface area contributed by atoms with Crippen molar-refractivity contribution >= 4 is 23.0 Å². The van der Waals surface area contributed by atoms with Crippen LogP contribution in [-0.4, -0.2) is 19.8 Å². The second kappa shape index (κ2) is 7.28. The molecule has 0 amide bonds. The normalized spacial score (nSPS) is 19.1. The van der Waals surface area contributed by atoms with Crippen molar-refractivity contribution in [2.45, 2.75) is 39.4 Å². The average molecular weight is 393 g/mol. The molecule has 0 aliphatic carbocycles. The van der Waals surface area contributed by atoms with E-state index in [1.807, 2.05) is 36.5 Å². The van der Waals surface area contributed by atoms with Gasteiger partial charge in [0, 0.05) is 29.8 Å². The third-order valence-electron chi connectivity index (χ3n) is 5.47. The Kier molecular flexibility index (Phi) is 4.81. The standard InChI is InChI=1S/C22H24N4OS/c1-4-25-14(2)13-18(15(25)3)21-20(19-7-5-6-12-23-19)24-22(28)26(21)16-8-10-17(27)11-9-16/h5-13,20-21,27H,4H2,1-3H3,(H,24,28). The molecule has 28 heavy (non-hydrogen) atoms. The molecule has 4 rings (SSSR count). The average Bonchev–Trinajstić information content (AvgIpc) is 3.18. The van der Waals surface area contributed by atoms with E-state index in [2.05, 4.69) is 46.6 Å². The summed E-state index contributed by atoms with van der Waals surface area (Å²) >= 11 is 5.74. The molecule has 144 valence electrons. The van der Waals surface area contributed by atoms with Crippen molar-refractivity contribution in [2.75, 3.05) is 4.90 Å². The van der Waals surface area contributed by atoms with Gasteiger partial charge in [-0.2, -0.15) is 0 Å². The van der Waals surface area contributed by atoms with E-state index in [9.17, 15) is 5.11 Å². The number of rotatable bonds is 4. The molecule has 1 aromatic carbocycles. The van der Waals surface area contributed by atoms with Crippen molar-refractivity contribution in [3.8, 4) is 5.75 Å². The number of phenols is 1. The maximum Gasteiger partial charge on any atom is 0.174 e. The van der Waals surface area contributed by atoms with Gasteiger partial charge in [-0.25, -0.2) is 0 Å². The van der Waals surface area contributed by atoms with E-state index in [1.54, 1.807) is 12.1 Å². The molecule has 2 aromatic heterocycles. The fourth-order valence-corrected chi connectivity index (χ4v) is 4.52. The molecule has 0 bridgehead atoms. The number of thiocarbonyl (C=S) groups is 1. The minimum absolute atomic E-state index is 0.0292. The highest BCUT2D eigenvalue weighted by Crippen LogP contribution is 2.43. The van der Waals surface area contributed by atoms with E-state index in [0.29, 0.717) is 5.11 Å². The quantitative estimate of drug-likeness (QED) is 0.645. The van der Waals surface area contributed by atoms with Gasteiger partial charge < -0.3 is 19.9 Å². The molecule has 2 unspecified atom stereocenters. The van der Waals surface area contributed by atoms with Crippen molar-refractivity contribution in [3.63, 3.8) is 0 Å². The highest BCUT2D eigenvalue weighted by atomic mass is 32.1. The number of pyridine rings is 1. The first-order chi connectivity index (χ1) is 13.5. The Morgan fingerprint density at radius 1 is 1.14 bits per heavy atom. The summed E-state index contributed by atoms with van der Waals surface area (Å²) in [5.74, 6) is 0.240. The maximum atomic E-state index is 9.71. The van der Waals surface area contributed by atoms with Crippen LogP contribution in [0.1, 0.15) is 41.7 Å². The first-order valence-electron chi connectivity index (χ1n) is 9.47. The molecule has 2 atom stereocenters. The van der Waals surface area contributed by atoms with Crippen LogP contribution in [0.4, 0.5) is 5.69 Å². The predicted molar refractivity (Wildman–Crippen MR) is 116 cm³/mol. The van der Waals surface area contributed by atoms with Crippen LogP contribution in [0.2, 0.25) is 0 Å². The number of phenolic OH excluding ortho intramolecular Hbond substituents is 1. The fourth-order valence-electron chi connectivity index (χ4n) is 4.18. The van der Waals surface area contributed by atoms with Crippen molar-refractivity contribution in [1.29, 1.82) is 0 Å². The minimum atomic E-state index is -0.0618. The molecule has 5 nitrogen and oxygen atoms in total. The van der Waals surface area contributed by atoms with Gasteiger partial charge in [-0.15, -0.1) is 0 Å². The van der Waals surface area contributed by atoms with Gasteiger partial charge in [-0.1, -0.05) is 6.07 Å². The molecule has 1 aliphatic rings. The van der Waals surface area contributed by atoms with Crippen LogP contribution in [0.5, 0.6) is 5.75 Å². The predicted octanol–water partition coefficient (Wildman–Crippen LogP) is 4.40. The van der Waals surface area contributed by atoms with Gasteiger partial charge in [-0.05, 0) is 81.0 Å². The summed E-state index contributed by atoms with van der Waals surface area (Å²) in [6.45, 7) is 7.39. The van der Waals surface area contributed by atoms with Gasteiger partial charge in [0.15, 0.2) is 5.11 Å². The largest absolute Gasteiger partial charge is 0.508 e. The number of hydrogen-bond donors (Lipinski definition) is 2. The summed E-state index contributed by atoms with van der Waals surface area (Å²) in [6.07, 6.45) is 1.82. The van der Waals surface area contributed by atoms with E-state index in [4.69, 9.17) is 12.2 Å². The zero-order valence-corrected chi connectivity index (χ0v) is 17.1. The highest BCUT2D eigenvalue weighted by molar-refractivity contribution is 7.80. The lowest BCUT2D eigenvalue weighted by Crippen LogP contribution is -2.29. The first kappa shape index (κ1) is 18.5. The zero-order chi connectivity index (χ0) is 19.8. The third-order valence-corrected chi connectivity index (χ3v) is 5.79. The van der Waals surface area contributed by atoms with Crippen molar-refractivity contribution in [3.05, 3.63) is 77.4 Å². The van der Waals surface area contributed by atoms with Crippen molar-refractivity contribution in [2.24, 2.45) is 0 Å². The molecule has 1 saturated heterocycles.